The van der Waals surface area contributed by atoms with Gasteiger partial charge in [0, 0.05) is 0 Å². The standard InChI is InChI=1S/C16H30N2O2/c1-7-20-13(19)12(17)16(18(5)6)10-11-8-9-15(16,4)14(11,2)3/h11-12H,7-10,17H2,1-6H3/t11-,12+,15+,16-/m0/s1. The minimum atomic E-state index is -0.577. The highest BCUT2D eigenvalue weighted by Gasteiger charge is 2.72. The molecule has 0 radical (unpaired) electrons. The first kappa shape index (κ1) is 15.8. The minimum absolute atomic E-state index is 0.0420. The van der Waals surface area contributed by atoms with E-state index >= 15 is 0 Å². The average Bonchev–Trinajstić information content (AvgIpc) is 2.69. The van der Waals surface area contributed by atoms with Crippen molar-refractivity contribution in [2.24, 2.45) is 22.5 Å². The Morgan fingerprint density at radius 1 is 1.40 bits per heavy atom. The molecular formula is C16H30N2O2. The zero-order valence-electron chi connectivity index (χ0n) is 13.8. The monoisotopic (exact) mass is 282 g/mol. The largest absolute Gasteiger partial charge is 0.465 e. The fourth-order valence-corrected chi connectivity index (χ4v) is 5.18. The molecular weight excluding hydrogens is 252 g/mol. The van der Waals surface area contributed by atoms with Crippen molar-refractivity contribution in [3.63, 3.8) is 0 Å². The molecule has 2 rings (SSSR count). The van der Waals surface area contributed by atoms with Crippen LogP contribution in [0.3, 0.4) is 0 Å². The summed E-state index contributed by atoms with van der Waals surface area (Å²) in [5, 5.41) is 0. The highest BCUT2D eigenvalue weighted by atomic mass is 16.5. The van der Waals surface area contributed by atoms with E-state index in [1.165, 1.54) is 6.42 Å². The third-order valence-electron chi connectivity index (χ3n) is 6.80. The molecule has 4 heteroatoms. The molecule has 2 aliphatic rings. The number of hydrogen-bond donors (Lipinski definition) is 1. The van der Waals surface area contributed by atoms with Gasteiger partial charge in [0.1, 0.15) is 6.04 Å². The van der Waals surface area contributed by atoms with Gasteiger partial charge in [-0.15, -0.1) is 0 Å². The van der Waals surface area contributed by atoms with Gasteiger partial charge in [-0.25, -0.2) is 0 Å². The molecule has 0 aromatic rings. The van der Waals surface area contributed by atoms with E-state index in [0.29, 0.717) is 12.5 Å². The number of nitrogens with two attached hydrogens (primary N) is 1. The molecule has 4 atom stereocenters. The topological polar surface area (TPSA) is 55.6 Å². The zero-order valence-corrected chi connectivity index (χ0v) is 13.8. The normalized spacial score (nSPS) is 40.1. The smallest absolute Gasteiger partial charge is 0.324 e. The van der Waals surface area contributed by atoms with Crippen molar-refractivity contribution < 1.29 is 9.53 Å². The van der Waals surface area contributed by atoms with Gasteiger partial charge in [0.15, 0.2) is 0 Å². The maximum absolute atomic E-state index is 12.3. The van der Waals surface area contributed by atoms with Crippen LogP contribution in [0.25, 0.3) is 0 Å². The van der Waals surface area contributed by atoms with Crippen LogP contribution >= 0.6 is 0 Å². The summed E-state index contributed by atoms with van der Waals surface area (Å²) in [6, 6.07) is -0.577. The van der Waals surface area contributed by atoms with Crippen LogP contribution in [0.5, 0.6) is 0 Å². The van der Waals surface area contributed by atoms with E-state index in [9.17, 15) is 4.79 Å². The molecule has 2 bridgehead atoms. The second-order valence-corrected chi connectivity index (χ2v) is 7.54. The predicted molar refractivity (Wildman–Crippen MR) is 80.3 cm³/mol. The van der Waals surface area contributed by atoms with Gasteiger partial charge in [0.2, 0.25) is 0 Å². The molecule has 0 saturated heterocycles. The summed E-state index contributed by atoms with van der Waals surface area (Å²) in [4.78, 5) is 14.5. The molecule has 0 aliphatic heterocycles. The van der Waals surface area contributed by atoms with Gasteiger partial charge in [-0.1, -0.05) is 20.8 Å². The van der Waals surface area contributed by atoms with Crippen molar-refractivity contribution in [1.29, 1.82) is 0 Å². The average molecular weight is 282 g/mol. The van der Waals surface area contributed by atoms with Gasteiger partial charge in [-0.3, -0.25) is 4.79 Å². The van der Waals surface area contributed by atoms with Crippen molar-refractivity contribution in [2.45, 2.75) is 58.5 Å². The highest BCUT2D eigenvalue weighted by Crippen LogP contribution is 2.71. The number of nitrogens with zero attached hydrogens (tertiary/aromatic N) is 1. The van der Waals surface area contributed by atoms with Crippen LogP contribution in [-0.4, -0.2) is 43.2 Å². The first-order chi connectivity index (χ1) is 9.15. The van der Waals surface area contributed by atoms with E-state index in [2.05, 4.69) is 39.8 Å². The first-order valence-corrected chi connectivity index (χ1v) is 7.75. The van der Waals surface area contributed by atoms with Gasteiger partial charge in [-0.2, -0.15) is 0 Å². The lowest BCUT2D eigenvalue weighted by Gasteiger charge is -2.54. The fraction of sp³-hybridized carbons (Fsp3) is 0.938. The quantitative estimate of drug-likeness (QED) is 0.802. The lowest BCUT2D eigenvalue weighted by Crippen LogP contribution is -2.68. The van der Waals surface area contributed by atoms with Crippen molar-refractivity contribution in [2.75, 3.05) is 20.7 Å². The van der Waals surface area contributed by atoms with Gasteiger partial charge < -0.3 is 15.4 Å². The number of fused-ring (bicyclic) bond motifs is 2. The fourth-order valence-electron chi connectivity index (χ4n) is 5.18. The Balaban J connectivity index is 2.46. The number of rotatable bonds is 4. The third-order valence-corrected chi connectivity index (χ3v) is 6.80. The summed E-state index contributed by atoms with van der Waals surface area (Å²) in [6.07, 6.45) is 3.37. The van der Waals surface area contributed by atoms with Crippen molar-refractivity contribution >= 4 is 5.97 Å². The van der Waals surface area contributed by atoms with E-state index in [1.807, 2.05) is 6.92 Å². The molecule has 0 amide bonds. The summed E-state index contributed by atoms with van der Waals surface area (Å²) >= 11 is 0. The van der Waals surface area contributed by atoms with Crippen molar-refractivity contribution in [1.82, 2.24) is 4.90 Å². The Hall–Kier alpha value is -0.610. The van der Waals surface area contributed by atoms with Crippen LogP contribution in [0.15, 0.2) is 0 Å². The Morgan fingerprint density at radius 3 is 2.35 bits per heavy atom. The highest BCUT2D eigenvalue weighted by molar-refractivity contribution is 5.78. The molecule has 2 saturated carbocycles. The van der Waals surface area contributed by atoms with E-state index in [-0.39, 0.29) is 22.3 Å². The van der Waals surface area contributed by atoms with Crippen LogP contribution in [0.4, 0.5) is 0 Å². The van der Waals surface area contributed by atoms with E-state index in [1.54, 1.807) is 0 Å². The number of ether oxygens (including phenoxy) is 1. The molecule has 20 heavy (non-hydrogen) atoms. The molecule has 2 N–H and O–H groups in total. The Morgan fingerprint density at radius 2 is 2.00 bits per heavy atom. The second kappa shape index (κ2) is 4.70. The van der Waals surface area contributed by atoms with Crippen LogP contribution in [0.1, 0.15) is 47.0 Å². The summed E-state index contributed by atoms with van der Waals surface area (Å²) in [6.45, 7) is 9.22. The molecule has 0 spiro atoms. The predicted octanol–water partition coefficient (Wildman–Crippen LogP) is 2.02. The van der Waals surface area contributed by atoms with Crippen molar-refractivity contribution in [3.8, 4) is 0 Å². The Labute approximate surface area is 123 Å². The number of carbonyl (C=O) groups excluding carboxylic acids is 1. The molecule has 2 fully saturated rings. The van der Waals surface area contributed by atoms with Crippen molar-refractivity contribution in [3.05, 3.63) is 0 Å². The molecule has 2 aliphatic carbocycles. The van der Waals surface area contributed by atoms with Crippen LogP contribution in [-0.2, 0) is 9.53 Å². The number of likely N-dealkylation sites (N-methyl/N-ethyl adjacent to an activating group) is 1. The Kier molecular flexibility index (Phi) is 3.71. The Bertz CT molecular complexity index is 407. The zero-order chi connectivity index (χ0) is 15.3. The van der Waals surface area contributed by atoms with Crippen LogP contribution in [0.2, 0.25) is 0 Å². The number of hydrogen-bond acceptors (Lipinski definition) is 4. The maximum atomic E-state index is 12.3. The van der Waals surface area contributed by atoms with Gasteiger partial charge >= 0.3 is 5.97 Å². The van der Waals surface area contributed by atoms with Gasteiger partial charge in [-0.05, 0) is 57.0 Å². The van der Waals surface area contributed by atoms with Gasteiger partial charge in [0.05, 0.1) is 12.1 Å². The lowest BCUT2D eigenvalue weighted by molar-refractivity contribution is -0.153. The number of carbonyl (C=O) groups is 1. The molecule has 4 nitrogen and oxygen atoms in total. The summed E-state index contributed by atoms with van der Waals surface area (Å²) < 4.78 is 5.22. The van der Waals surface area contributed by atoms with Crippen LogP contribution < -0.4 is 5.73 Å². The maximum Gasteiger partial charge on any atom is 0.324 e. The van der Waals surface area contributed by atoms with Gasteiger partial charge in [0.25, 0.3) is 0 Å². The molecule has 116 valence electrons. The summed E-state index contributed by atoms with van der Waals surface area (Å²) in [7, 11) is 4.11. The summed E-state index contributed by atoms with van der Waals surface area (Å²) in [5.74, 6) is 0.376. The van der Waals surface area contributed by atoms with E-state index < -0.39 is 6.04 Å². The summed E-state index contributed by atoms with van der Waals surface area (Å²) in [5.41, 5.74) is 6.37. The minimum Gasteiger partial charge on any atom is -0.465 e. The SMILES string of the molecule is CCOC(=O)[C@@H](N)[C@@]1(N(C)C)C[C@@H]2CC[C@]1(C)C2(C)C. The molecule has 0 heterocycles. The molecule has 0 aromatic carbocycles. The second-order valence-electron chi connectivity index (χ2n) is 7.54. The molecule has 0 unspecified atom stereocenters. The van der Waals surface area contributed by atoms with E-state index in [0.717, 1.165) is 12.8 Å². The van der Waals surface area contributed by atoms with Crippen LogP contribution in [0, 0.1) is 16.7 Å². The number of esters is 1. The third kappa shape index (κ3) is 1.64. The lowest BCUT2D eigenvalue weighted by atomic mass is 9.59. The molecule has 0 aromatic heterocycles. The van der Waals surface area contributed by atoms with E-state index in [4.69, 9.17) is 10.5 Å². The first-order valence-electron chi connectivity index (χ1n) is 7.75.